The standard InChI is InChI=1S/C22H23Cl2NO4/c1-2-3-4-11-27-16-7-5-15(6-8-16)14-25-20-18(24)10-9-17(23)19(20)22(21(25)26)28-12-13-29-22/h5-10H,2-4,11-14H2,1H3. The Balaban J connectivity index is 1.57. The fraction of sp³-hybridized carbons (Fsp3) is 0.409. The van der Waals surface area contributed by atoms with Crippen molar-refractivity contribution in [1.29, 1.82) is 0 Å². The van der Waals surface area contributed by atoms with Gasteiger partial charge in [-0.15, -0.1) is 0 Å². The lowest BCUT2D eigenvalue weighted by Crippen LogP contribution is -2.41. The van der Waals surface area contributed by atoms with Gasteiger partial charge in [-0.1, -0.05) is 55.1 Å². The summed E-state index contributed by atoms with van der Waals surface area (Å²) in [6.45, 7) is 3.85. The molecule has 0 aromatic heterocycles. The second-order valence-corrected chi connectivity index (χ2v) is 7.97. The molecule has 154 valence electrons. The van der Waals surface area contributed by atoms with Crippen molar-refractivity contribution in [3.8, 4) is 5.75 Å². The fourth-order valence-electron chi connectivity index (χ4n) is 3.75. The molecule has 1 amide bonds. The third kappa shape index (κ3) is 3.73. The summed E-state index contributed by atoms with van der Waals surface area (Å²) in [7, 11) is 0. The van der Waals surface area contributed by atoms with Gasteiger partial charge in [-0.05, 0) is 36.2 Å². The van der Waals surface area contributed by atoms with Gasteiger partial charge in [-0.3, -0.25) is 4.79 Å². The van der Waals surface area contributed by atoms with Crippen LogP contribution in [0.4, 0.5) is 5.69 Å². The van der Waals surface area contributed by atoms with Crippen LogP contribution in [0.3, 0.4) is 0 Å². The summed E-state index contributed by atoms with van der Waals surface area (Å²) in [4.78, 5) is 14.9. The first kappa shape index (κ1) is 20.5. The van der Waals surface area contributed by atoms with Gasteiger partial charge in [0.1, 0.15) is 5.75 Å². The smallest absolute Gasteiger partial charge is 0.292 e. The van der Waals surface area contributed by atoms with Crippen molar-refractivity contribution in [2.45, 2.75) is 38.5 Å². The average molecular weight is 436 g/mol. The van der Waals surface area contributed by atoms with Crippen LogP contribution in [-0.2, 0) is 26.6 Å². The van der Waals surface area contributed by atoms with Crippen LogP contribution in [0.25, 0.3) is 0 Å². The molecule has 29 heavy (non-hydrogen) atoms. The van der Waals surface area contributed by atoms with Crippen molar-refractivity contribution < 1.29 is 19.0 Å². The van der Waals surface area contributed by atoms with Gasteiger partial charge in [-0.2, -0.15) is 0 Å². The second-order valence-electron chi connectivity index (χ2n) is 7.16. The first-order valence-corrected chi connectivity index (χ1v) is 10.6. The number of halogens is 2. The van der Waals surface area contributed by atoms with Gasteiger partial charge in [0.05, 0.1) is 47.7 Å². The molecule has 0 saturated carbocycles. The van der Waals surface area contributed by atoms with E-state index >= 15 is 0 Å². The van der Waals surface area contributed by atoms with Crippen LogP contribution in [0.5, 0.6) is 5.75 Å². The summed E-state index contributed by atoms with van der Waals surface area (Å²) in [5.41, 5.74) is 1.98. The number of benzene rings is 2. The zero-order chi connectivity index (χ0) is 20.4. The highest BCUT2D eigenvalue weighted by Gasteiger charge is 2.57. The summed E-state index contributed by atoms with van der Waals surface area (Å²) in [5.74, 6) is -0.988. The summed E-state index contributed by atoms with van der Waals surface area (Å²) >= 11 is 12.9. The van der Waals surface area contributed by atoms with Gasteiger partial charge >= 0.3 is 0 Å². The van der Waals surface area contributed by atoms with Gasteiger partial charge in [0.25, 0.3) is 11.7 Å². The molecule has 2 heterocycles. The van der Waals surface area contributed by atoms with Crippen LogP contribution < -0.4 is 9.64 Å². The van der Waals surface area contributed by atoms with E-state index in [-0.39, 0.29) is 5.91 Å². The minimum absolute atomic E-state index is 0.306. The van der Waals surface area contributed by atoms with E-state index < -0.39 is 5.79 Å². The molecule has 1 fully saturated rings. The SMILES string of the molecule is CCCCCOc1ccc(CN2C(=O)C3(OCCO3)c3c(Cl)ccc(Cl)c32)cc1. The average Bonchev–Trinajstić information content (AvgIpc) is 3.30. The molecule has 0 bridgehead atoms. The van der Waals surface area contributed by atoms with Gasteiger partial charge in [-0.25, -0.2) is 0 Å². The van der Waals surface area contributed by atoms with E-state index in [4.69, 9.17) is 37.4 Å². The van der Waals surface area contributed by atoms with Crippen LogP contribution in [0.2, 0.25) is 10.0 Å². The highest BCUT2D eigenvalue weighted by molar-refractivity contribution is 6.38. The van der Waals surface area contributed by atoms with E-state index in [2.05, 4.69) is 6.92 Å². The Labute approximate surface area is 180 Å². The molecular weight excluding hydrogens is 413 g/mol. The van der Waals surface area contributed by atoms with Crippen LogP contribution >= 0.6 is 23.2 Å². The molecule has 1 spiro atoms. The largest absolute Gasteiger partial charge is 0.494 e. The Kier molecular flexibility index (Phi) is 6.02. The maximum Gasteiger partial charge on any atom is 0.292 e. The van der Waals surface area contributed by atoms with Gasteiger partial charge in [0.15, 0.2) is 0 Å². The highest BCUT2D eigenvalue weighted by atomic mass is 35.5. The lowest BCUT2D eigenvalue weighted by molar-refractivity contribution is -0.180. The first-order valence-electron chi connectivity index (χ1n) is 9.87. The maximum absolute atomic E-state index is 13.3. The number of rotatable bonds is 7. The predicted molar refractivity (Wildman–Crippen MR) is 113 cm³/mol. The molecule has 5 nitrogen and oxygen atoms in total. The molecule has 2 aliphatic heterocycles. The maximum atomic E-state index is 13.3. The highest BCUT2D eigenvalue weighted by Crippen LogP contribution is 2.52. The van der Waals surface area contributed by atoms with Crippen molar-refractivity contribution in [3.05, 3.63) is 57.6 Å². The molecule has 1 saturated heterocycles. The van der Waals surface area contributed by atoms with Crippen LogP contribution in [0.15, 0.2) is 36.4 Å². The van der Waals surface area contributed by atoms with Crippen molar-refractivity contribution in [2.24, 2.45) is 0 Å². The Bertz CT molecular complexity index is 894. The number of carbonyl (C=O) groups is 1. The Hall–Kier alpha value is -1.79. The molecule has 2 aromatic rings. The molecular formula is C22H23Cl2NO4. The monoisotopic (exact) mass is 435 g/mol. The number of nitrogens with zero attached hydrogens (tertiary/aromatic N) is 1. The van der Waals surface area contributed by atoms with E-state index in [0.717, 1.165) is 30.6 Å². The summed E-state index contributed by atoms with van der Waals surface area (Å²) in [6.07, 6.45) is 3.36. The van der Waals surface area contributed by atoms with E-state index in [9.17, 15) is 4.79 Å². The van der Waals surface area contributed by atoms with E-state index in [1.807, 2.05) is 24.3 Å². The van der Waals surface area contributed by atoms with Crippen molar-refractivity contribution in [1.82, 2.24) is 0 Å². The lowest BCUT2D eigenvalue weighted by Gasteiger charge is -2.22. The first-order chi connectivity index (χ1) is 14.1. The van der Waals surface area contributed by atoms with Gasteiger partial charge in [0, 0.05) is 0 Å². The molecule has 0 unspecified atom stereocenters. The Morgan fingerprint density at radius 2 is 1.72 bits per heavy atom. The molecule has 0 aliphatic carbocycles. The van der Waals surface area contributed by atoms with E-state index in [1.165, 1.54) is 0 Å². The number of carbonyl (C=O) groups excluding carboxylic acids is 1. The Morgan fingerprint density at radius 1 is 1.03 bits per heavy atom. The lowest BCUT2D eigenvalue weighted by atomic mass is 10.1. The third-order valence-corrected chi connectivity index (χ3v) is 5.80. The number of fused-ring (bicyclic) bond motifs is 2. The van der Waals surface area contributed by atoms with Crippen LogP contribution in [0, 0.1) is 0 Å². The van der Waals surface area contributed by atoms with E-state index in [0.29, 0.717) is 47.7 Å². The Morgan fingerprint density at radius 3 is 2.41 bits per heavy atom. The zero-order valence-electron chi connectivity index (χ0n) is 16.2. The number of hydrogen-bond acceptors (Lipinski definition) is 4. The molecule has 0 radical (unpaired) electrons. The van der Waals surface area contributed by atoms with Crippen molar-refractivity contribution in [3.63, 3.8) is 0 Å². The quantitative estimate of drug-likeness (QED) is 0.552. The molecule has 2 aliphatic rings. The van der Waals surface area contributed by atoms with Gasteiger partial charge < -0.3 is 19.1 Å². The topological polar surface area (TPSA) is 48.0 Å². The normalized spacial score (nSPS) is 17.2. The number of ether oxygens (including phenoxy) is 3. The fourth-order valence-corrected chi connectivity index (χ4v) is 4.29. The second kappa shape index (κ2) is 8.52. The molecule has 0 N–H and O–H groups in total. The summed E-state index contributed by atoms with van der Waals surface area (Å²) < 4.78 is 17.3. The molecule has 2 aromatic carbocycles. The molecule has 7 heteroatoms. The number of unbranched alkanes of at least 4 members (excludes halogenated alkanes) is 2. The number of amides is 1. The van der Waals surface area contributed by atoms with Crippen molar-refractivity contribution >= 4 is 34.8 Å². The van der Waals surface area contributed by atoms with E-state index in [1.54, 1.807) is 17.0 Å². The van der Waals surface area contributed by atoms with Crippen LogP contribution in [0.1, 0.15) is 37.3 Å². The minimum Gasteiger partial charge on any atom is -0.494 e. The summed E-state index contributed by atoms with van der Waals surface area (Å²) in [6, 6.07) is 11.1. The zero-order valence-corrected chi connectivity index (χ0v) is 17.8. The predicted octanol–water partition coefficient (Wildman–Crippen LogP) is 5.31. The number of hydrogen-bond donors (Lipinski definition) is 0. The van der Waals surface area contributed by atoms with Crippen LogP contribution in [-0.4, -0.2) is 25.7 Å². The summed E-state index contributed by atoms with van der Waals surface area (Å²) in [5, 5.41) is 0.836. The molecule has 0 atom stereocenters. The van der Waals surface area contributed by atoms with Crippen molar-refractivity contribution in [2.75, 3.05) is 24.7 Å². The van der Waals surface area contributed by atoms with Gasteiger partial charge in [0.2, 0.25) is 0 Å². The number of anilines is 1. The molecule has 4 rings (SSSR count). The minimum atomic E-state index is -1.50. The third-order valence-electron chi connectivity index (χ3n) is 5.18.